The lowest BCUT2D eigenvalue weighted by atomic mass is 10.1. The fourth-order valence-electron chi connectivity index (χ4n) is 4.42. The predicted molar refractivity (Wildman–Crippen MR) is 136 cm³/mol. The number of fused-ring (bicyclic) bond motifs is 2. The van der Waals surface area contributed by atoms with Crippen LogP contribution in [0.1, 0.15) is 11.4 Å². The van der Waals surface area contributed by atoms with Crippen LogP contribution in [-0.2, 0) is 17.8 Å². The first-order valence-corrected chi connectivity index (χ1v) is 13.2. The van der Waals surface area contributed by atoms with Gasteiger partial charge in [-0.25, -0.2) is 9.97 Å². The van der Waals surface area contributed by atoms with Crippen molar-refractivity contribution in [3.63, 3.8) is 0 Å². The Morgan fingerprint density at radius 1 is 1.00 bits per heavy atom. The van der Waals surface area contributed by atoms with E-state index in [0.717, 1.165) is 71.8 Å². The lowest BCUT2D eigenvalue weighted by molar-refractivity contribution is 0.0331. The minimum absolute atomic E-state index is 0.586. The van der Waals surface area contributed by atoms with Gasteiger partial charge in [0.1, 0.15) is 29.7 Å². The molecule has 2 aliphatic rings. The second-order valence-corrected chi connectivity index (χ2v) is 10.3. The number of benzene rings is 1. The molecule has 34 heavy (non-hydrogen) atoms. The topological polar surface area (TPSA) is 60.0 Å². The fraction of sp³-hybridized carbons (Fsp3) is 0.360. The molecule has 5 heterocycles. The molecule has 0 bridgehead atoms. The smallest absolute Gasteiger partial charge is 0.161 e. The molecule has 6 rings (SSSR count). The van der Waals surface area contributed by atoms with Crippen LogP contribution in [0.15, 0.2) is 41.1 Å². The van der Waals surface area contributed by atoms with Crippen molar-refractivity contribution in [2.45, 2.75) is 13.1 Å². The average Bonchev–Trinajstić information content (AvgIpc) is 3.54. The van der Waals surface area contributed by atoms with Crippen molar-refractivity contribution in [1.29, 1.82) is 0 Å². The molecule has 0 aliphatic carbocycles. The summed E-state index contributed by atoms with van der Waals surface area (Å²) in [6.45, 7) is 5.98. The number of rotatable bonds is 6. The Balaban J connectivity index is 1.37. The molecule has 0 N–H and O–H groups in total. The first-order valence-electron chi connectivity index (χ1n) is 11.5. The van der Waals surface area contributed by atoms with Crippen LogP contribution < -0.4 is 14.4 Å². The van der Waals surface area contributed by atoms with E-state index in [2.05, 4.69) is 51.9 Å². The Morgan fingerprint density at radius 2 is 1.85 bits per heavy atom. The van der Waals surface area contributed by atoms with E-state index in [1.54, 1.807) is 22.7 Å². The van der Waals surface area contributed by atoms with Gasteiger partial charge in [-0.15, -0.1) is 22.7 Å². The van der Waals surface area contributed by atoms with Crippen molar-refractivity contribution in [3.8, 4) is 21.9 Å². The standard InChI is InChI=1S/C25H26N4O3S2/c1-28(14-17-4-5-19-20(13-17)32-11-10-31-19)24-23-18(21-3-2-12-33-21)16-34-25(23)27-22(26-24)15-29-6-8-30-9-7-29/h2-5,12-13,16H,6-11,14-15H2,1H3. The zero-order valence-electron chi connectivity index (χ0n) is 19.0. The largest absolute Gasteiger partial charge is 0.486 e. The molecular formula is C25H26N4O3S2. The Kier molecular flexibility index (Phi) is 6.09. The van der Waals surface area contributed by atoms with E-state index < -0.39 is 0 Å². The van der Waals surface area contributed by atoms with Gasteiger partial charge >= 0.3 is 0 Å². The number of nitrogens with zero attached hydrogens (tertiary/aromatic N) is 4. The molecule has 1 saturated heterocycles. The Hall–Kier alpha value is -2.72. The van der Waals surface area contributed by atoms with Crippen molar-refractivity contribution in [3.05, 3.63) is 52.5 Å². The van der Waals surface area contributed by atoms with Crippen LogP contribution in [-0.4, -0.2) is 61.4 Å². The maximum Gasteiger partial charge on any atom is 0.161 e. The minimum atomic E-state index is 0.586. The number of aromatic nitrogens is 2. The normalized spacial score (nSPS) is 16.1. The molecule has 0 amide bonds. The summed E-state index contributed by atoms with van der Waals surface area (Å²) in [5, 5.41) is 5.45. The van der Waals surface area contributed by atoms with Crippen LogP contribution in [0.2, 0.25) is 0 Å². The zero-order chi connectivity index (χ0) is 22.9. The third kappa shape index (κ3) is 4.36. The third-order valence-electron chi connectivity index (χ3n) is 6.10. The lowest BCUT2D eigenvalue weighted by Gasteiger charge is -2.26. The van der Waals surface area contributed by atoms with Gasteiger partial charge in [0.2, 0.25) is 0 Å². The van der Waals surface area contributed by atoms with Gasteiger partial charge in [-0.2, -0.15) is 0 Å². The molecule has 0 saturated carbocycles. The van der Waals surface area contributed by atoms with Crippen LogP contribution in [0.5, 0.6) is 11.5 Å². The van der Waals surface area contributed by atoms with E-state index in [1.807, 2.05) is 6.07 Å². The molecule has 7 nitrogen and oxygen atoms in total. The second kappa shape index (κ2) is 9.50. The molecular weight excluding hydrogens is 468 g/mol. The summed E-state index contributed by atoms with van der Waals surface area (Å²) in [5.41, 5.74) is 2.36. The second-order valence-electron chi connectivity index (χ2n) is 8.49. The van der Waals surface area contributed by atoms with Crippen LogP contribution in [0, 0.1) is 0 Å². The highest BCUT2D eigenvalue weighted by molar-refractivity contribution is 7.18. The molecule has 3 aromatic heterocycles. The van der Waals surface area contributed by atoms with Gasteiger partial charge in [-0.1, -0.05) is 12.1 Å². The average molecular weight is 495 g/mol. The fourth-order valence-corrected chi connectivity index (χ4v) is 6.20. The van der Waals surface area contributed by atoms with E-state index in [0.29, 0.717) is 19.8 Å². The quantitative estimate of drug-likeness (QED) is 0.386. The molecule has 1 fully saturated rings. The van der Waals surface area contributed by atoms with Crippen LogP contribution in [0.25, 0.3) is 20.7 Å². The van der Waals surface area contributed by atoms with Crippen molar-refractivity contribution >= 4 is 38.7 Å². The van der Waals surface area contributed by atoms with Gasteiger partial charge in [0.25, 0.3) is 0 Å². The highest BCUT2D eigenvalue weighted by atomic mass is 32.1. The number of anilines is 1. The number of hydrogen-bond acceptors (Lipinski definition) is 9. The maximum absolute atomic E-state index is 5.80. The Bertz CT molecular complexity index is 1290. The van der Waals surface area contributed by atoms with Gasteiger partial charge in [0.05, 0.1) is 25.1 Å². The molecule has 4 aromatic rings. The molecule has 0 spiro atoms. The number of ether oxygens (including phenoxy) is 3. The number of thiophene rings is 2. The highest BCUT2D eigenvalue weighted by Gasteiger charge is 2.21. The summed E-state index contributed by atoms with van der Waals surface area (Å²) in [6.07, 6.45) is 0. The summed E-state index contributed by atoms with van der Waals surface area (Å²) >= 11 is 3.44. The van der Waals surface area contributed by atoms with Crippen LogP contribution in [0.4, 0.5) is 5.82 Å². The van der Waals surface area contributed by atoms with E-state index in [9.17, 15) is 0 Å². The first kappa shape index (κ1) is 21.8. The highest BCUT2D eigenvalue weighted by Crippen LogP contribution is 2.40. The summed E-state index contributed by atoms with van der Waals surface area (Å²) < 4.78 is 17.0. The van der Waals surface area contributed by atoms with Gasteiger partial charge in [-0.05, 0) is 29.1 Å². The molecule has 9 heteroatoms. The van der Waals surface area contributed by atoms with Crippen molar-refractivity contribution in [1.82, 2.24) is 14.9 Å². The predicted octanol–water partition coefficient (Wildman–Crippen LogP) is 4.66. The summed E-state index contributed by atoms with van der Waals surface area (Å²) in [6, 6.07) is 10.4. The van der Waals surface area contributed by atoms with Crippen LogP contribution >= 0.6 is 22.7 Å². The molecule has 0 atom stereocenters. The van der Waals surface area contributed by atoms with Crippen molar-refractivity contribution < 1.29 is 14.2 Å². The molecule has 1 aromatic carbocycles. The van der Waals surface area contributed by atoms with E-state index in [-0.39, 0.29) is 0 Å². The van der Waals surface area contributed by atoms with E-state index in [1.165, 1.54) is 10.4 Å². The monoisotopic (exact) mass is 494 g/mol. The van der Waals surface area contributed by atoms with Crippen molar-refractivity contribution in [2.24, 2.45) is 0 Å². The zero-order valence-corrected chi connectivity index (χ0v) is 20.7. The minimum Gasteiger partial charge on any atom is -0.486 e. The van der Waals surface area contributed by atoms with Gasteiger partial charge in [0.15, 0.2) is 11.5 Å². The number of hydrogen-bond donors (Lipinski definition) is 0. The molecule has 0 radical (unpaired) electrons. The number of morpholine rings is 1. The van der Waals surface area contributed by atoms with Crippen LogP contribution in [0.3, 0.4) is 0 Å². The first-order chi connectivity index (χ1) is 16.7. The molecule has 176 valence electrons. The third-order valence-corrected chi connectivity index (χ3v) is 7.88. The molecule has 2 aliphatic heterocycles. The van der Waals surface area contributed by atoms with Gasteiger partial charge in [-0.3, -0.25) is 4.90 Å². The Morgan fingerprint density at radius 3 is 2.68 bits per heavy atom. The lowest BCUT2D eigenvalue weighted by Crippen LogP contribution is -2.36. The summed E-state index contributed by atoms with van der Waals surface area (Å²) in [5.74, 6) is 3.45. The van der Waals surface area contributed by atoms with Crippen molar-refractivity contribution in [2.75, 3.05) is 51.5 Å². The summed E-state index contributed by atoms with van der Waals surface area (Å²) in [4.78, 5) is 16.9. The molecule has 0 unspecified atom stereocenters. The maximum atomic E-state index is 5.80. The van der Waals surface area contributed by atoms with E-state index >= 15 is 0 Å². The van der Waals surface area contributed by atoms with Gasteiger partial charge < -0.3 is 19.1 Å². The van der Waals surface area contributed by atoms with E-state index in [4.69, 9.17) is 24.2 Å². The Labute approximate surface area is 206 Å². The summed E-state index contributed by atoms with van der Waals surface area (Å²) in [7, 11) is 2.10. The van der Waals surface area contributed by atoms with Gasteiger partial charge in [0, 0.05) is 42.5 Å². The SMILES string of the molecule is CN(Cc1ccc2c(c1)OCCO2)c1nc(CN2CCOCC2)nc2scc(-c3cccs3)c12.